The minimum absolute atomic E-state index is 0. The largest absolute Gasteiger partial charge is 1.00 e. The fourth-order valence-corrected chi connectivity index (χ4v) is 4.03. The van der Waals surface area contributed by atoms with Crippen molar-refractivity contribution in [3.8, 4) is 0 Å². The Kier molecular flexibility index (Phi) is 10.4. The maximum atomic E-state index is 10.4. The predicted octanol–water partition coefficient (Wildman–Crippen LogP) is 0.122. The lowest BCUT2D eigenvalue weighted by Crippen LogP contribution is -3.00. The highest BCUT2D eigenvalue weighted by molar-refractivity contribution is 5.66. The average molecular weight is 391 g/mol. The van der Waals surface area contributed by atoms with E-state index in [9.17, 15) is 4.79 Å². The molecule has 1 N–H and O–H groups in total. The summed E-state index contributed by atoms with van der Waals surface area (Å²) >= 11 is 0. The first-order valence-electron chi connectivity index (χ1n) is 9.49. The Bertz CT molecular complexity index is 317. The molecule has 2 bridgehead atoms. The Balaban J connectivity index is 0.00000264. The smallest absolute Gasteiger partial charge is 0.303 e. The van der Waals surface area contributed by atoms with E-state index in [2.05, 4.69) is 4.90 Å². The van der Waals surface area contributed by atoms with E-state index in [1.807, 2.05) is 0 Å². The number of nitrogens with zero attached hydrogens (tertiary/aromatic N) is 2. The average Bonchev–Trinajstić information content (AvgIpc) is 2.54. The van der Waals surface area contributed by atoms with Gasteiger partial charge in [0.2, 0.25) is 0 Å². The number of hydrogen-bond acceptors (Lipinski definition) is 2. The Morgan fingerprint density at radius 1 is 0.783 bits per heavy atom. The third-order valence-electron chi connectivity index (χ3n) is 5.69. The summed E-state index contributed by atoms with van der Waals surface area (Å²) < 4.78 is 1.42. The molecule has 0 amide bonds. The quantitative estimate of drug-likeness (QED) is 0.380. The lowest BCUT2D eigenvalue weighted by Gasteiger charge is -2.50. The molecule has 3 aliphatic rings. The first-order chi connectivity index (χ1) is 10.7. The van der Waals surface area contributed by atoms with Crippen LogP contribution in [-0.4, -0.2) is 66.3 Å². The highest BCUT2D eigenvalue weighted by atomic mass is 79.9. The third kappa shape index (κ3) is 7.99. The summed E-state index contributed by atoms with van der Waals surface area (Å²) in [5.74, 6) is -0.651. The highest BCUT2D eigenvalue weighted by Gasteiger charge is 2.37. The Labute approximate surface area is 152 Å². The number of piperazine rings is 3. The number of fused-ring (bicyclic) bond motifs is 3. The SMILES string of the molecule is O=C(O)CCCCCCCCCCC[N+]12CCN(CC1)CC2.[Br-]. The number of aliphatic carboxylic acids is 1. The van der Waals surface area contributed by atoms with Gasteiger partial charge in [-0.15, -0.1) is 0 Å². The van der Waals surface area contributed by atoms with E-state index < -0.39 is 5.97 Å². The monoisotopic (exact) mass is 390 g/mol. The van der Waals surface area contributed by atoms with Gasteiger partial charge < -0.3 is 26.6 Å². The molecule has 0 saturated carbocycles. The summed E-state index contributed by atoms with van der Waals surface area (Å²) in [4.78, 5) is 13.0. The molecular weight excluding hydrogens is 356 g/mol. The van der Waals surface area contributed by atoms with Crippen molar-refractivity contribution in [2.45, 2.75) is 64.2 Å². The highest BCUT2D eigenvalue weighted by Crippen LogP contribution is 2.21. The van der Waals surface area contributed by atoms with Crippen LogP contribution < -0.4 is 17.0 Å². The second kappa shape index (κ2) is 11.4. The molecule has 0 aromatic heterocycles. The van der Waals surface area contributed by atoms with Gasteiger partial charge in [0.1, 0.15) is 0 Å². The number of halogens is 1. The van der Waals surface area contributed by atoms with Gasteiger partial charge in [-0.3, -0.25) is 9.69 Å². The maximum absolute atomic E-state index is 10.4. The van der Waals surface area contributed by atoms with Crippen LogP contribution in [0.3, 0.4) is 0 Å². The molecule has 0 spiro atoms. The predicted molar refractivity (Wildman–Crippen MR) is 90.0 cm³/mol. The summed E-state index contributed by atoms with van der Waals surface area (Å²) in [6, 6.07) is 0. The minimum Gasteiger partial charge on any atom is -1.00 e. The van der Waals surface area contributed by atoms with Gasteiger partial charge in [-0.25, -0.2) is 0 Å². The number of carboxylic acids is 1. The number of carboxylic acid groups (broad SMARTS) is 1. The maximum Gasteiger partial charge on any atom is 0.303 e. The third-order valence-corrected chi connectivity index (χ3v) is 5.69. The van der Waals surface area contributed by atoms with Gasteiger partial charge in [-0.05, 0) is 19.3 Å². The molecule has 3 rings (SSSR count). The van der Waals surface area contributed by atoms with E-state index in [0.29, 0.717) is 6.42 Å². The van der Waals surface area contributed by atoms with Gasteiger partial charge in [-0.1, -0.05) is 38.5 Å². The lowest BCUT2D eigenvalue weighted by molar-refractivity contribution is -0.941. The van der Waals surface area contributed by atoms with Gasteiger partial charge in [0, 0.05) is 26.1 Å². The molecule has 3 fully saturated rings. The van der Waals surface area contributed by atoms with Crippen LogP contribution in [0.1, 0.15) is 64.2 Å². The molecule has 0 aliphatic carbocycles. The summed E-state index contributed by atoms with van der Waals surface area (Å²) in [6.07, 6.45) is 11.7. The van der Waals surface area contributed by atoms with Gasteiger partial charge in [0.05, 0.1) is 26.2 Å². The summed E-state index contributed by atoms with van der Waals surface area (Å²) in [5, 5.41) is 8.57. The normalized spacial score (nSPS) is 26.0. The standard InChI is InChI=1S/C18H34N2O2.BrH/c21-18(22)10-8-6-4-2-1-3-5-7-9-14-20-15-11-19(12-16-20)13-17-20;/h1-17H2;1H. The fourth-order valence-electron chi connectivity index (χ4n) is 4.03. The molecule has 3 saturated heterocycles. The van der Waals surface area contributed by atoms with Crippen LogP contribution in [0.15, 0.2) is 0 Å². The molecule has 4 nitrogen and oxygen atoms in total. The van der Waals surface area contributed by atoms with Crippen LogP contribution in [0.2, 0.25) is 0 Å². The second-order valence-electron chi connectivity index (χ2n) is 7.40. The zero-order valence-electron chi connectivity index (χ0n) is 14.6. The Morgan fingerprint density at radius 3 is 1.70 bits per heavy atom. The first kappa shape index (κ1) is 20.9. The van der Waals surface area contributed by atoms with Crippen molar-refractivity contribution in [3.05, 3.63) is 0 Å². The molecule has 3 aliphatic heterocycles. The van der Waals surface area contributed by atoms with Crippen molar-refractivity contribution in [2.75, 3.05) is 45.8 Å². The van der Waals surface area contributed by atoms with Crippen LogP contribution in [-0.2, 0) is 4.79 Å². The van der Waals surface area contributed by atoms with E-state index >= 15 is 0 Å². The second-order valence-corrected chi connectivity index (χ2v) is 7.40. The van der Waals surface area contributed by atoms with Gasteiger partial charge >= 0.3 is 5.97 Å². The number of hydrogen-bond donors (Lipinski definition) is 1. The van der Waals surface area contributed by atoms with E-state index in [1.165, 1.54) is 95.2 Å². The summed E-state index contributed by atoms with van der Waals surface area (Å²) in [6.45, 7) is 9.62. The molecule has 136 valence electrons. The Morgan fingerprint density at radius 2 is 1.22 bits per heavy atom. The molecular formula is C18H35BrN2O2. The van der Waals surface area contributed by atoms with Crippen molar-refractivity contribution >= 4 is 5.97 Å². The lowest BCUT2D eigenvalue weighted by atomic mass is 10.1. The molecule has 3 heterocycles. The van der Waals surface area contributed by atoms with Crippen LogP contribution in [0, 0.1) is 0 Å². The number of quaternary nitrogens is 1. The molecule has 5 heteroatoms. The van der Waals surface area contributed by atoms with Crippen molar-refractivity contribution < 1.29 is 31.4 Å². The Hall–Kier alpha value is -0.130. The zero-order chi connectivity index (χ0) is 15.7. The van der Waals surface area contributed by atoms with Crippen molar-refractivity contribution in [1.82, 2.24) is 4.90 Å². The van der Waals surface area contributed by atoms with E-state index in [-0.39, 0.29) is 17.0 Å². The van der Waals surface area contributed by atoms with Crippen molar-refractivity contribution in [2.24, 2.45) is 0 Å². The number of carbonyl (C=O) groups is 1. The van der Waals surface area contributed by atoms with E-state index in [4.69, 9.17) is 5.11 Å². The van der Waals surface area contributed by atoms with Crippen LogP contribution >= 0.6 is 0 Å². The topological polar surface area (TPSA) is 40.5 Å². The van der Waals surface area contributed by atoms with Gasteiger partial charge in [-0.2, -0.15) is 0 Å². The molecule has 0 atom stereocenters. The number of unbranched alkanes of at least 4 members (excludes halogenated alkanes) is 8. The molecule has 23 heavy (non-hydrogen) atoms. The van der Waals surface area contributed by atoms with Crippen LogP contribution in [0.5, 0.6) is 0 Å². The molecule has 0 unspecified atom stereocenters. The van der Waals surface area contributed by atoms with Crippen LogP contribution in [0.4, 0.5) is 0 Å². The van der Waals surface area contributed by atoms with E-state index in [0.717, 1.165) is 12.8 Å². The molecule has 0 aromatic rings. The minimum atomic E-state index is -0.651. The van der Waals surface area contributed by atoms with Crippen LogP contribution in [0.25, 0.3) is 0 Å². The molecule has 0 aromatic carbocycles. The molecule has 0 radical (unpaired) electrons. The summed E-state index contributed by atoms with van der Waals surface area (Å²) in [7, 11) is 0. The first-order valence-corrected chi connectivity index (χ1v) is 9.49. The fraction of sp³-hybridized carbons (Fsp3) is 0.944. The van der Waals surface area contributed by atoms with Crippen molar-refractivity contribution in [3.63, 3.8) is 0 Å². The summed E-state index contributed by atoms with van der Waals surface area (Å²) in [5.41, 5.74) is 0. The van der Waals surface area contributed by atoms with Crippen molar-refractivity contribution in [1.29, 1.82) is 0 Å². The van der Waals surface area contributed by atoms with Gasteiger partial charge in [0.25, 0.3) is 0 Å². The zero-order valence-corrected chi connectivity index (χ0v) is 16.2. The van der Waals surface area contributed by atoms with E-state index in [1.54, 1.807) is 0 Å². The van der Waals surface area contributed by atoms with Gasteiger partial charge in [0.15, 0.2) is 0 Å². The number of rotatable bonds is 12.